The molecule has 0 heterocycles. The Morgan fingerprint density at radius 2 is 1.78 bits per heavy atom. The topological polar surface area (TPSA) is 72.8 Å². The average molecular weight is 280 g/mol. The minimum Gasteiger partial charge on any atom is -0.463 e. The molecule has 0 aromatic rings. The zero-order valence-corrected chi connectivity index (χ0v) is 12.7. The van der Waals surface area contributed by atoms with Crippen molar-refractivity contribution in [3.05, 3.63) is 11.6 Å². The predicted molar refractivity (Wildman–Crippen MR) is 72.8 cm³/mol. The monoisotopic (exact) mass is 280 g/mol. The van der Waals surface area contributed by atoms with E-state index in [1.54, 1.807) is 6.92 Å². The number of hydrogen-bond acceptors (Lipinski definition) is 4. The van der Waals surface area contributed by atoms with E-state index < -0.39 is 14.2 Å². The fourth-order valence-electron chi connectivity index (χ4n) is 0.751. The van der Waals surface area contributed by atoms with Crippen molar-refractivity contribution < 1.29 is 23.5 Å². The third kappa shape index (κ3) is 15.4. The minimum absolute atomic E-state index is 0.0103. The van der Waals surface area contributed by atoms with Crippen LogP contribution in [0.25, 0.3) is 0 Å². The van der Waals surface area contributed by atoms with Crippen molar-refractivity contribution in [3.8, 4) is 0 Å². The molecule has 0 fully saturated rings. The number of carbonyl (C=O) groups is 1. The van der Waals surface area contributed by atoms with Crippen molar-refractivity contribution in [2.45, 2.75) is 47.0 Å². The molecule has 0 aliphatic carbocycles. The Balaban J connectivity index is 0. The maximum atomic E-state index is 11.0. The standard InChI is InChI=1S/C8H15O5P.C4H10/c1-3-7(6-13-14(10)11)5-8(9)12-4-2;1-3-4-2/h5,14H,3-4,6H2,1-2H3,(H,10,11);3-4H2,1-2H3/b7-5+;. The lowest BCUT2D eigenvalue weighted by atomic mass is 10.2. The summed E-state index contributed by atoms with van der Waals surface area (Å²) < 4.78 is 19.4. The second kappa shape index (κ2) is 14.4. The molecular formula is C12H25O5P. The molecule has 0 radical (unpaired) electrons. The summed E-state index contributed by atoms with van der Waals surface area (Å²) in [4.78, 5) is 19.4. The fourth-order valence-corrected chi connectivity index (χ4v) is 1.06. The van der Waals surface area contributed by atoms with Gasteiger partial charge in [0.25, 0.3) is 0 Å². The third-order valence-electron chi connectivity index (χ3n) is 1.94. The van der Waals surface area contributed by atoms with Crippen LogP contribution in [0, 0.1) is 0 Å². The molecule has 0 aromatic carbocycles. The smallest absolute Gasteiger partial charge is 0.330 e. The van der Waals surface area contributed by atoms with Gasteiger partial charge in [-0.05, 0) is 18.9 Å². The van der Waals surface area contributed by atoms with Crippen molar-refractivity contribution in [1.29, 1.82) is 0 Å². The van der Waals surface area contributed by atoms with E-state index >= 15 is 0 Å². The summed E-state index contributed by atoms with van der Waals surface area (Å²) in [5, 5.41) is 0. The van der Waals surface area contributed by atoms with Gasteiger partial charge in [-0.3, -0.25) is 4.57 Å². The lowest BCUT2D eigenvalue weighted by molar-refractivity contribution is -0.137. The molecule has 0 spiro atoms. The molecule has 1 unspecified atom stereocenters. The number of unbranched alkanes of at least 4 members (excludes halogenated alkanes) is 1. The van der Waals surface area contributed by atoms with Crippen LogP contribution >= 0.6 is 8.25 Å². The lowest BCUT2D eigenvalue weighted by Gasteiger charge is -2.03. The van der Waals surface area contributed by atoms with Gasteiger partial charge < -0.3 is 14.2 Å². The van der Waals surface area contributed by atoms with Crippen molar-refractivity contribution in [2.24, 2.45) is 0 Å². The van der Waals surface area contributed by atoms with E-state index in [9.17, 15) is 9.36 Å². The number of esters is 1. The fraction of sp³-hybridized carbons (Fsp3) is 0.750. The first-order chi connectivity index (χ1) is 8.51. The molecular weight excluding hydrogens is 255 g/mol. The van der Waals surface area contributed by atoms with E-state index in [2.05, 4.69) is 23.1 Å². The van der Waals surface area contributed by atoms with Crippen molar-refractivity contribution >= 4 is 14.2 Å². The van der Waals surface area contributed by atoms with Crippen molar-refractivity contribution in [1.82, 2.24) is 0 Å². The largest absolute Gasteiger partial charge is 0.463 e. The molecule has 0 saturated heterocycles. The Morgan fingerprint density at radius 3 is 2.11 bits per heavy atom. The third-order valence-corrected chi connectivity index (χ3v) is 2.34. The minimum atomic E-state index is -2.93. The molecule has 5 nitrogen and oxygen atoms in total. The SMILES string of the molecule is CCCC.CCOC(=O)/C=C(\CC)CO[PH](=O)O. The van der Waals surface area contributed by atoms with Gasteiger partial charge in [-0.2, -0.15) is 0 Å². The van der Waals surface area contributed by atoms with Crippen LogP contribution in [0.3, 0.4) is 0 Å². The van der Waals surface area contributed by atoms with Gasteiger partial charge in [-0.15, -0.1) is 0 Å². The molecule has 0 rings (SSSR count). The first kappa shape index (κ1) is 19.7. The highest BCUT2D eigenvalue weighted by molar-refractivity contribution is 7.32. The first-order valence-corrected chi connectivity index (χ1v) is 7.49. The average Bonchev–Trinajstić information content (AvgIpc) is 2.34. The number of hydrogen-bond donors (Lipinski definition) is 1. The van der Waals surface area contributed by atoms with Crippen molar-refractivity contribution in [2.75, 3.05) is 13.2 Å². The summed E-state index contributed by atoms with van der Waals surface area (Å²) in [7, 11) is -2.93. The van der Waals surface area contributed by atoms with Crippen LogP contribution in [0.15, 0.2) is 11.6 Å². The second-order valence-electron chi connectivity index (χ2n) is 3.46. The van der Waals surface area contributed by atoms with E-state index in [1.807, 2.05) is 6.92 Å². The molecule has 0 saturated carbocycles. The molecule has 1 N–H and O–H groups in total. The molecule has 18 heavy (non-hydrogen) atoms. The maximum absolute atomic E-state index is 11.0. The summed E-state index contributed by atoms with van der Waals surface area (Å²) in [6, 6.07) is 0. The molecule has 1 atom stereocenters. The van der Waals surface area contributed by atoms with Gasteiger partial charge in [0.1, 0.15) is 0 Å². The zero-order valence-electron chi connectivity index (χ0n) is 11.7. The second-order valence-corrected chi connectivity index (χ2v) is 4.28. The quantitative estimate of drug-likeness (QED) is 0.440. The number of carbonyl (C=O) groups excluding carboxylic acids is 1. The van der Waals surface area contributed by atoms with Gasteiger partial charge in [0, 0.05) is 6.08 Å². The van der Waals surface area contributed by atoms with Gasteiger partial charge in [0.2, 0.25) is 0 Å². The predicted octanol–water partition coefficient (Wildman–Crippen LogP) is 3.09. The summed E-state index contributed by atoms with van der Waals surface area (Å²) in [5.41, 5.74) is 0.635. The summed E-state index contributed by atoms with van der Waals surface area (Å²) in [5.74, 6) is -0.453. The first-order valence-electron chi connectivity index (χ1n) is 6.23. The highest BCUT2D eigenvalue weighted by Gasteiger charge is 2.02. The molecule has 0 aliphatic heterocycles. The van der Waals surface area contributed by atoms with Crippen LogP contribution in [0.5, 0.6) is 0 Å². The zero-order chi connectivity index (χ0) is 14.4. The van der Waals surface area contributed by atoms with Crippen LogP contribution in [-0.2, 0) is 18.6 Å². The molecule has 0 aliphatic rings. The van der Waals surface area contributed by atoms with Crippen LogP contribution in [0.2, 0.25) is 0 Å². The van der Waals surface area contributed by atoms with E-state index in [-0.39, 0.29) is 6.61 Å². The normalized spacial score (nSPS) is 12.4. The van der Waals surface area contributed by atoms with Gasteiger partial charge in [-0.1, -0.05) is 33.6 Å². The van der Waals surface area contributed by atoms with Crippen LogP contribution < -0.4 is 0 Å². The van der Waals surface area contributed by atoms with Crippen LogP contribution in [0.4, 0.5) is 0 Å². The Kier molecular flexibility index (Phi) is 15.8. The van der Waals surface area contributed by atoms with Crippen molar-refractivity contribution in [3.63, 3.8) is 0 Å². The van der Waals surface area contributed by atoms with E-state index in [0.717, 1.165) is 0 Å². The van der Waals surface area contributed by atoms with Gasteiger partial charge in [0.05, 0.1) is 13.2 Å². The molecule has 0 amide bonds. The Labute approximate surface area is 110 Å². The van der Waals surface area contributed by atoms with Crippen LogP contribution in [0.1, 0.15) is 47.0 Å². The highest BCUT2D eigenvalue weighted by atomic mass is 31.1. The van der Waals surface area contributed by atoms with Gasteiger partial charge >= 0.3 is 14.2 Å². The Bertz CT molecular complexity index is 261. The number of rotatable bonds is 7. The van der Waals surface area contributed by atoms with E-state index in [1.165, 1.54) is 18.9 Å². The molecule has 108 valence electrons. The summed E-state index contributed by atoms with van der Waals surface area (Å²) in [6.45, 7) is 8.19. The number of ether oxygens (including phenoxy) is 1. The summed E-state index contributed by atoms with van der Waals surface area (Å²) >= 11 is 0. The van der Waals surface area contributed by atoms with E-state index in [0.29, 0.717) is 18.6 Å². The summed E-state index contributed by atoms with van der Waals surface area (Å²) in [6.07, 6.45) is 4.50. The Morgan fingerprint density at radius 1 is 1.22 bits per heavy atom. The maximum Gasteiger partial charge on any atom is 0.330 e. The Hall–Kier alpha value is -0.640. The highest BCUT2D eigenvalue weighted by Crippen LogP contribution is 2.17. The van der Waals surface area contributed by atoms with Crippen LogP contribution in [-0.4, -0.2) is 24.1 Å². The van der Waals surface area contributed by atoms with Gasteiger partial charge in [0.15, 0.2) is 0 Å². The molecule has 0 aromatic heterocycles. The van der Waals surface area contributed by atoms with E-state index in [4.69, 9.17) is 4.89 Å². The molecule has 6 heteroatoms. The lowest BCUT2D eigenvalue weighted by Crippen LogP contribution is -2.03. The van der Waals surface area contributed by atoms with Gasteiger partial charge in [-0.25, -0.2) is 4.79 Å². The molecule has 0 bridgehead atoms.